The van der Waals surface area contributed by atoms with Crippen LogP contribution in [0.2, 0.25) is 0 Å². The van der Waals surface area contributed by atoms with Crippen LogP contribution < -0.4 is 42.3 Å². The van der Waals surface area contributed by atoms with Crippen molar-refractivity contribution in [2.45, 2.75) is 0 Å². The molecule has 1 aliphatic heterocycles. The van der Waals surface area contributed by atoms with Gasteiger partial charge in [-0.05, 0) is 12.2 Å². The fourth-order valence-electron chi connectivity index (χ4n) is 0.450. The number of hydroxylamine groups is 2. The number of halogens is 3. The Morgan fingerprint density at radius 1 is 1.17 bits per heavy atom. The number of rotatable bonds is 0. The summed E-state index contributed by atoms with van der Waals surface area (Å²) in [7, 11) is 0. The molecule has 1 unspecified atom stereocenters. The van der Waals surface area contributed by atoms with E-state index >= 15 is 0 Å². The maximum Gasteiger partial charge on any atom is 3.00 e. The first-order valence-corrected chi connectivity index (χ1v) is 2.24. The van der Waals surface area contributed by atoms with Crippen molar-refractivity contribution in [2.24, 2.45) is 0 Å². The minimum Gasteiger partial charge on any atom is -1.00 e. The Bertz CT molecular complexity index is 174. The first-order valence-electron chi connectivity index (χ1n) is 2.24. The van der Waals surface area contributed by atoms with Crippen LogP contribution >= 0.6 is 0 Å². The van der Waals surface area contributed by atoms with Crippen LogP contribution in [0.3, 0.4) is 0 Å². The summed E-state index contributed by atoms with van der Waals surface area (Å²) in [6, 6.07) is 0. The molecule has 1 aliphatic rings. The van der Waals surface area contributed by atoms with Gasteiger partial charge >= 0.3 is 32.1 Å². The summed E-state index contributed by atoms with van der Waals surface area (Å²) in [5.74, 6) is -0.437. The van der Waals surface area contributed by atoms with Gasteiger partial charge in [-0.25, -0.2) is 4.79 Å². The standard InChI is InChI=1S/C5H5NO2.3ClH.Zr/c7-5-3-1-2-4-6(5)8;;;;/h1-4,6H;3*1H;/q;;;;+3/p-3. The van der Waals surface area contributed by atoms with Crippen LogP contribution in [-0.4, -0.2) is 5.91 Å². The van der Waals surface area contributed by atoms with Gasteiger partial charge in [0.2, 0.25) is 0 Å². The summed E-state index contributed by atoms with van der Waals surface area (Å²) in [5.41, 5.74) is 0. The average molecular weight is 309 g/mol. The molecule has 0 aromatic carbocycles. The van der Waals surface area contributed by atoms with Crippen LogP contribution in [0.5, 0.6) is 0 Å². The zero-order valence-electron chi connectivity index (χ0n) is 5.76. The molecule has 1 amide bonds. The molecular formula is C5H5Cl3NO2Zr. The maximum atomic E-state index is 10.3. The van der Waals surface area contributed by atoms with Crippen molar-refractivity contribution in [2.75, 3.05) is 0 Å². The van der Waals surface area contributed by atoms with Crippen molar-refractivity contribution in [1.29, 1.82) is 0 Å². The largest absolute Gasteiger partial charge is 3.00 e. The van der Waals surface area contributed by atoms with Gasteiger partial charge in [-0.15, -0.1) is 0 Å². The average Bonchev–Trinajstić information content (AvgIpc) is 1.77. The van der Waals surface area contributed by atoms with Crippen molar-refractivity contribution in [3.8, 4) is 0 Å². The van der Waals surface area contributed by atoms with Gasteiger partial charge in [0, 0.05) is 6.08 Å². The van der Waals surface area contributed by atoms with Crippen LogP contribution in [-0.2, 0) is 31.0 Å². The number of allylic oxidation sites excluding steroid dienone is 2. The summed E-state index contributed by atoms with van der Waals surface area (Å²) in [5, 5.41) is 9.87. The van der Waals surface area contributed by atoms with E-state index in [1.165, 1.54) is 12.3 Å². The van der Waals surface area contributed by atoms with Gasteiger partial charge in [-0.1, -0.05) is 0 Å². The monoisotopic (exact) mass is 306 g/mol. The number of hydrogen-bond acceptors (Lipinski definition) is 2. The normalized spacial score (nSPS) is 17.8. The van der Waals surface area contributed by atoms with E-state index in [1.54, 1.807) is 12.2 Å². The van der Waals surface area contributed by atoms with Crippen molar-refractivity contribution < 1.29 is 73.3 Å². The molecule has 0 fully saturated rings. The molecule has 0 saturated heterocycles. The van der Waals surface area contributed by atoms with Gasteiger partial charge in [0.1, 0.15) is 6.20 Å². The second-order valence-electron chi connectivity index (χ2n) is 1.45. The zero-order valence-corrected chi connectivity index (χ0v) is 10.5. The molecule has 0 aromatic heterocycles. The van der Waals surface area contributed by atoms with Gasteiger partial charge in [0.15, 0.2) is 0 Å². The van der Waals surface area contributed by atoms with Gasteiger partial charge < -0.3 is 42.4 Å². The number of carbonyl (C=O) groups excluding carboxylic acids is 1. The van der Waals surface area contributed by atoms with Gasteiger partial charge in [0.25, 0.3) is 0 Å². The van der Waals surface area contributed by atoms with E-state index in [0.717, 1.165) is 0 Å². The molecule has 0 bridgehead atoms. The topological polar surface area (TPSA) is 44.6 Å². The van der Waals surface area contributed by atoms with Crippen molar-refractivity contribution >= 4 is 5.91 Å². The minimum atomic E-state index is -0.437. The van der Waals surface area contributed by atoms with E-state index in [1.807, 2.05) is 0 Å². The second kappa shape index (κ2) is 11.8. The van der Waals surface area contributed by atoms with E-state index in [9.17, 15) is 10.0 Å². The Kier molecular flexibility index (Phi) is 22.7. The Labute approximate surface area is 108 Å². The first kappa shape index (κ1) is 23.0. The van der Waals surface area contributed by atoms with E-state index < -0.39 is 11.0 Å². The predicted molar refractivity (Wildman–Crippen MR) is 27.6 cm³/mol. The second-order valence-corrected chi connectivity index (χ2v) is 1.45. The van der Waals surface area contributed by atoms with Crippen LogP contribution in [0.15, 0.2) is 24.4 Å². The molecule has 1 heterocycles. The van der Waals surface area contributed by atoms with Crippen LogP contribution in [0.1, 0.15) is 0 Å². The SMILES string of the molecule is O=C1C=CC=C[NH+]1[O-].[Cl-].[Cl-].[Cl-].[Zr+3]. The Morgan fingerprint density at radius 2 is 1.67 bits per heavy atom. The van der Waals surface area contributed by atoms with Gasteiger partial charge in [-0.2, -0.15) is 0 Å². The Balaban J connectivity index is -0.0000000800. The van der Waals surface area contributed by atoms with Crippen LogP contribution in [0.25, 0.3) is 0 Å². The van der Waals surface area contributed by atoms with Crippen molar-refractivity contribution in [3.63, 3.8) is 0 Å². The molecule has 1 rings (SSSR count). The number of quaternary nitrogens is 1. The summed E-state index contributed by atoms with van der Waals surface area (Å²) in [6.07, 6.45) is 5.60. The maximum absolute atomic E-state index is 10.3. The van der Waals surface area contributed by atoms with Gasteiger partial charge in [0.05, 0.1) is 0 Å². The van der Waals surface area contributed by atoms with E-state index in [2.05, 4.69) is 0 Å². The van der Waals surface area contributed by atoms with Crippen molar-refractivity contribution in [1.82, 2.24) is 0 Å². The van der Waals surface area contributed by atoms with E-state index in [4.69, 9.17) is 0 Å². The molecule has 0 spiro atoms. The molecular weight excluding hydrogens is 304 g/mol. The third-order valence-corrected chi connectivity index (χ3v) is 0.849. The fraction of sp³-hybridized carbons (Fsp3) is 0. The Morgan fingerprint density at radius 3 is 1.92 bits per heavy atom. The Hall–Kier alpha value is 0.823. The molecule has 67 valence electrons. The van der Waals surface area contributed by atoms with Crippen LogP contribution in [0.4, 0.5) is 0 Å². The predicted octanol–water partition coefficient (Wildman–Crippen LogP) is -10.0. The summed E-state index contributed by atoms with van der Waals surface area (Å²) in [4.78, 5) is 10.3. The summed E-state index contributed by atoms with van der Waals surface area (Å²) in [6.45, 7) is 0. The van der Waals surface area contributed by atoms with E-state index in [-0.39, 0.29) is 63.4 Å². The number of nitrogens with one attached hydrogen (secondary N) is 1. The van der Waals surface area contributed by atoms with Gasteiger partial charge in [-0.3, -0.25) is 5.06 Å². The molecule has 12 heavy (non-hydrogen) atoms. The molecule has 0 aromatic rings. The van der Waals surface area contributed by atoms with E-state index in [0.29, 0.717) is 0 Å². The smallest absolute Gasteiger partial charge is 1.00 e. The molecule has 7 heteroatoms. The van der Waals surface area contributed by atoms with Crippen molar-refractivity contribution in [3.05, 3.63) is 29.6 Å². The molecule has 0 aliphatic carbocycles. The number of amides is 1. The summed E-state index contributed by atoms with van der Waals surface area (Å²) < 4.78 is 0. The third kappa shape index (κ3) is 7.47. The molecule has 1 N–H and O–H groups in total. The molecule has 1 radical (unpaired) electrons. The number of hydrogen-bond donors (Lipinski definition) is 1. The molecule has 0 saturated carbocycles. The first-order chi connectivity index (χ1) is 3.80. The quantitative estimate of drug-likeness (QED) is 0.452. The third-order valence-electron chi connectivity index (χ3n) is 0.849. The summed E-state index contributed by atoms with van der Waals surface area (Å²) >= 11 is 0. The fourth-order valence-corrected chi connectivity index (χ4v) is 0.450. The minimum absolute atomic E-state index is 0. The van der Waals surface area contributed by atoms with Crippen LogP contribution in [0, 0.1) is 5.21 Å². The zero-order chi connectivity index (χ0) is 5.98. The molecule has 1 atom stereocenters. The number of carbonyl (C=O) groups is 1. The molecule has 3 nitrogen and oxygen atoms in total.